The Hall–Kier alpha value is -0.940. The molecule has 0 radical (unpaired) electrons. The summed E-state index contributed by atoms with van der Waals surface area (Å²) in [5.41, 5.74) is 0. The van der Waals surface area contributed by atoms with E-state index in [-0.39, 0.29) is 12.5 Å². The van der Waals surface area contributed by atoms with Gasteiger partial charge in [0.1, 0.15) is 5.76 Å². The summed E-state index contributed by atoms with van der Waals surface area (Å²) in [7, 11) is 0. The number of nitrogens with one attached hydrogen (secondary N) is 1. The van der Waals surface area contributed by atoms with Crippen molar-refractivity contribution in [2.45, 2.75) is 25.2 Å². The van der Waals surface area contributed by atoms with E-state index in [0.29, 0.717) is 12.2 Å². The second-order valence-electron chi connectivity index (χ2n) is 3.47. The highest BCUT2D eigenvalue weighted by Gasteiger charge is 2.11. The number of hydrogen-bond acceptors (Lipinski definition) is 4. The van der Waals surface area contributed by atoms with E-state index in [9.17, 15) is 9.90 Å². The average Bonchev–Trinajstić information content (AvgIpc) is 2.74. The van der Waals surface area contributed by atoms with Gasteiger partial charge in [0.25, 0.3) is 5.91 Å². The van der Waals surface area contributed by atoms with E-state index in [1.807, 2.05) is 13.2 Å². The summed E-state index contributed by atoms with van der Waals surface area (Å²) < 4.78 is 5.34. The minimum atomic E-state index is -0.496. The lowest BCUT2D eigenvalue weighted by molar-refractivity contribution is 0.0885. The van der Waals surface area contributed by atoms with E-state index in [2.05, 4.69) is 5.32 Å². The molecule has 0 spiro atoms. The molecule has 0 saturated heterocycles. The fourth-order valence-electron chi connectivity index (χ4n) is 1.16. The molecule has 5 heteroatoms. The van der Waals surface area contributed by atoms with Crippen molar-refractivity contribution >= 4 is 17.7 Å². The first-order chi connectivity index (χ1) is 7.67. The van der Waals surface area contributed by atoms with Crippen LogP contribution in [-0.4, -0.2) is 29.9 Å². The molecule has 1 unspecified atom stereocenters. The molecular weight excluding hydrogens is 226 g/mol. The molecule has 2 N–H and O–H groups in total. The van der Waals surface area contributed by atoms with Crippen molar-refractivity contribution in [3.05, 3.63) is 23.7 Å². The van der Waals surface area contributed by atoms with Crippen molar-refractivity contribution in [3.63, 3.8) is 0 Å². The normalized spacial score (nSPS) is 12.4. The van der Waals surface area contributed by atoms with Gasteiger partial charge < -0.3 is 14.8 Å². The Morgan fingerprint density at radius 2 is 2.38 bits per heavy atom. The first-order valence-corrected chi connectivity index (χ1v) is 6.60. The lowest BCUT2D eigenvalue weighted by atomic mass is 10.3. The van der Waals surface area contributed by atoms with Crippen molar-refractivity contribution in [1.82, 2.24) is 5.32 Å². The first-order valence-electron chi connectivity index (χ1n) is 5.21. The fraction of sp³-hybridized carbons (Fsp3) is 0.545. The van der Waals surface area contributed by atoms with Crippen LogP contribution in [-0.2, 0) is 5.75 Å². The maximum Gasteiger partial charge on any atom is 0.287 e. The van der Waals surface area contributed by atoms with Crippen LogP contribution in [0.5, 0.6) is 0 Å². The maximum atomic E-state index is 11.6. The minimum Gasteiger partial charge on any atom is -0.455 e. The van der Waals surface area contributed by atoms with Crippen molar-refractivity contribution in [2.75, 3.05) is 12.8 Å². The van der Waals surface area contributed by atoms with Gasteiger partial charge in [-0.3, -0.25) is 4.79 Å². The number of furan rings is 1. The Bertz CT molecular complexity index is 338. The highest BCUT2D eigenvalue weighted by Crippen LogP contribution is 2.13. The zero-order valence-corrected chi connectivity index (χ0v) is 10.3. The summed E-state index contributed by atoms with van der Waals surface area (Å²) in [5.74, 6) is 1.56. The molecule has 1 aromatic rings. The van der Waals surface area contributed by atoms with Gasteiger partial charge in [-0.05, 0) is 24.8 Å². The van der Waals surface area contributed by atoms with E-state index in [0.717, 1.165) is 11.5 Å². The first kappa shape index (κ1) is 13.1. The molecule has 0 fully saturated rings. The summed E-state index contributed by atoms with van der Waals surface area (Å²) in [5, 5.41) is 11.9. The van der Waals surface area contributed by atoms with Gasteiger partial charge in [-0.25, -0.2) is 0 Å². The molecule has 0 bridgehead atoms. The van der Waals surface area contributed by atoms with Gasteiger partial charge in [0, 0.05) is 6.54 Å². The standard InChI is InChI=1S/C11H17NO3S/c1-3-8(13)6-12-11(14)10-5-4-9(15-10)7-16-2/h4-5,8,13H,3,6-7H2,1-2H3,(H,12,14). The molecule has 0 aromatic carbocycles. The van der Waals surface area contributed by atoms with Gasteiger partial charge in [0.2, 0.25) is 0 Å². The highest BCUT2D eigenvalue weighted by molar-refractivity contribution is 7.97. The molecule has 0 aliphatic carbocycles. The zero-order valence-electron chi connectivity index (χ0n) is 9.53. The summed E-state index contributed by atoms with van der Waals surface area (Å²) in [6, 6.07) is 3.45. The van der Waals surface area contributed by atoms with Crippen molar-refractivity contribution in [2.24, 2.45) is 0 Å². The van der Waals surface area contributed by atoms with Crippen molar-refractivity contribution in [1.29, 1.82) is 0 Å². The van der Waals surface area contributed by atoms with E-state index >= 15 is 0 Å². The number of carbonyl (C=O) groups is 1. The Morgan fingerprint density at radius 1 is 1.62 bits per heavy atom. The number of hydrogen-bond donors (Lipinski definition) is 2. The Labute approximate surface area is 99.4 Å². The predicted molar refractivity (Wildman–Crippen MR) is 64.6 cm³/mol. The molecule has 0 aliphatic heterocycles. The smallest absolute Gasteiger partial charge is 0.287 e. The summed E-state index contributed by atoms with van der Waals surface area (Å²) in [4.78, 5) is 11.6. The molecule has 16 heavy (non-hydrogen) atoms. The second-order valence-corrected chi connectivity index (χ2v) is 4.34. The quantitative estimate of drug-likeness (QED) is 0.797. The minimum absolute atomic E-state index is 0.258. The van der Waals surface area contributed by atoms with Crippen LogP contribution in [0.2, 0.25) is 0 Å². The van der Waals surface area contributed by atoms with Gasteiger partial charge in [0.05, 0.1) is 11.9 Å². The molecule has 1 aromatic heterocycles. The SMILES string of the molecule is CCC(O)CNC(=O)c1ccc(CSC)o1. The van der Waals surface area contributed by atoms with Crippen molar-refractivity contribution in [3.8, 4) is 0 Å². The lowest BCUT2D eigenvalue weighted by Crippen LogP contribution is -2.31. The summed E-state index contributed by atoms with van der Waals surface area (Å²) in [6.07, 6.45) is 2.10. The van der Waals surface area contributed by atoms with Crippen LogP contribution in [0.4, 0.5) is 0 Å². The maximum absolute atomic E-state index is 11.6. The molecule has 90 valence electrons. The molecule has 1 heterocycles. The largest absolute Gasteiger partial charge is 0.455 e. The molecule has 1 amide bonds. The van der Waals surface area contributed by atoms with Crippen molar-refractivity contribution < 1.29 is 14.3 Å². The van der Waals surface area contributed by atoms with E-state index in [1.54, 1.807) is 23.9 Å². The molecule has 1 rings (SSSR count). The Morgan fingerprint density at radius 3 is 3.00 bits per heavy atom. The summed E-state index contributed by atoms with van der Waals surface area (Å²) in [6.45, 7) is 2.12. The van der Waals surface area contributed by atoms with Crippen LogP contribution in [0, 0.1) is 0 Å². The van der Waals surface area contributed by atoms with Crippen LogP contribution in [0.25, 0.3) is 0 Å². The van der Waals surface area contributed by atoms with E-state index < -0.39 is 6.10 Å². The molecule has 4 nitrogen and oxygen atoms in total. The fourth-order valence-corrected chi connectivity index (χ4v) is 1.60. The van der Waals surface area contributed by atoms with Gasteiger partial charge in [-0.15, -0.1) is 0 Å². The molecule has 0 saturated carbocycles. The van der Waals surface area contributed by atoms with Crippen LogP contribution in [0.15, 0.2) is 16.5 Å². The Kier molecular flexibility index (Phi) is 5.42. The number of aliphatic hydroxyl groups excluding tert-OH is 1. The van der Waals surface area contributed by atoms with E-state index in [4.69, 9.17) is 4.42 Å². The zero-order chi connectivity index (χ0) is 12.0. The van der Waals surface area contributed by atoms with Gasteiger partial charge in [-0.1, -0.05) is 6.92 Å². The molecular formula is C11H17NO3S. The topological polar surface area (TPSA) is 62.5 Å². The monoisotopic (exact) mass is 243 g/mol. The predicted octanol–water partition coefficient (Wildman–Crippen LogP) is 1.64. The van der Waals surface area contributed by atoms with Gasteiger partial charge in [0.15, 0.2) is 5.76 Å². The lowest BCUT2D eigenvalue weighted by Gasteiger charge is -2.07. The molecule has 0 aliphatic rings. The number of amides is 1. The average molecular weight is 243 g/mol. The van der Waals surface area contributed by atoms with Crippen LogP contribution >= 0.6 is 11.8 Å². The Balaban J connectivity index is 2.46. The van der Waals surface area contributed by atoms with Gasteiger partial charge in [-0.2, -0.15) is 11.8 Å². The van der Waals surface area contributed by atoms with Gasteiger partial charge >= 0.3 is 0 Å². The number of carbonyl (C=O) groups excluding carboxylic acids is 1. The summed E-state index contributed by atoms with van der Waals surface area (Å²) >= 11 is 1.64. The highest BCUT2D eigenvalue weighted by atomic mass is 32.2. The number of thioether (sulfide) groups is 1. The number of rotatable bonds is 6. The second kappa shape index (κ2) is 6.60. The molecule has 1 atom stereocenters. The van der Waals surface area contributed by atoms with E-state index in [1.165, 1.54) is 0 Å². The third-order valence-corrected chi connectivity index (χ3v) is 2.71. The van der Waals surface area contributed by atoms with Crippen LogP contribution in [0.3, 0.4) is 0 Å². The van der Waals surface area contributed by atoms with Crippen LogP contribution < -0.4 is 5.32 Å². The third kappa shape index (κ3) is 3.90. The van der Waals surface area contributed by atoms with Crippen LogP contribution in [0.1, 0.15) is 29.7 Å². The third-order valence-electron chi connectivity index (χ3n) is 2.14. The number of aliphatic hydroxyl groups is 1.